The van der Waals surface area contributed by atoms with Gasteiger partial charge in [-0.3, -0.25) is 4.79 Å². The van der Waals surface area contributed by atoms with Crippen molar-refractivity contribution in [2.45, 2.75) is 92.9 Å². The Morgan fingerprint density at radius 2 is 1.04 bits per heavy atom. The normalized spacial score (nSPS) is 12.9. The first kappa shape index (κ1) is 24.4. The van der Waals surface area contributed by atoms with Crippen LogP contribution in [0.5, 0.6) is 0 Å². The third-order valence-corrected chi connectivity index (χ3v) is 4.30. The van der Waals surface area contributed by atoms with Crippen molar-refractivity contribution in [2.24, 2.45) is 0 Å². The molecule has 0 rings (SSSR count). The predicted molar refractivity (Wildman–Crippen MR) is 114 cm³/mol. The predicted octanol–water partition coefficient (Wildman–Crippen LogP) is 7.48. The number of hydrogen-bond donors (Lipinski definition) is 0. The number of carbonyl (C=O) groups excluding carboxylic acids is 1. The van der Waals surface area contributed by atoms with Crippen LogP contribution in [-0.2, 0) is 9.53 Å². The van der Waals surface area contributed by atoms with Crippen LogP contribution in [0.25, 0.3) is 0 Å². The topological polar surface area (TPSA) is 26.3 Å². The fourth-order valence-electron chi connectivity index (χ4n) is 2.66. The number of ether oxygens (including phenoxy) is 1. The summed E-state index contributed by atoms with van der Waals surface area (Å²) in [7, 11) is 0. The Morgan fingerprint density at radius 1 is 0.654 bits per heavy atom. The Labute approximate surface area is 162 Å². The number of allylic oxidation sites excluding steroid dienone is 8. The summed E-state index contributed by atoms with van der Waals surface area (Å²) in [6.45, 7) is 13.2. The lowest BCUT2D eigenvalue weighted by molar-refractivity contribution is -0.143. The van der Waals surface area contributed by atoms with Gasteiger partial charge in [0.15, 0.2) is 0 Å². The molecule has 0 aromatic carbocycles. The minimum atomic E-state index is -0.100. The summed E-state index contributed by atoms with van der Waals surface area (Å²) < 4.78 is 4.94. The van der Waals surface area contributed by atoms with E-state index in [0.29, 0.717) is 13.0 Å². The van der Waals surface area contributed by atoms with E-state index in [0.717, 1.165) is 38.5 Å². The van der Waals surface area contributed by atoms with E-state index in [1.807, 2.05) is 6.92 Å². The Balaban J connectivity index is 3.99. The Kier molecular flexibility index (Phi) is 14.7. The van der Waals surface area contributed by atoms with Crippen LogP contribution in [0.15, 0.2) is 46.6 Å². The van der Waals surface area contributed by atoms with Crippen molar-refractivity contribution in [1.82, 2.24) is 0 Å². The van der Waals surface area contributed by atoms with Crippen molar-refractivity contribution in [3.63, 3.8) is 0 Å². The lowest BCUT2D eigenvalue weighted by atomic mass is 10.0. The number of rotatable bonds is 13. The van der Waals surface area contributed by atoms with E-state index in [1.54, 1.807) is 0 Å². The molecule has 0 aliphatic rings. The van der Waals surface area contributed by atoms with Crippen LogP contribution in [0.3, 0.4) is 0 Å². The largest absolute Gasteiger partial charge is 0.466 e. The van der Waals surface area contributed by atoms with E-state index < -0.39 is 0 Å². The van der Waals surface area contributed by atoms with Crippen LogP contribution < -0.4 is 0 Å². The zero-order valence-electron chi connectivity index (χ0n) is 18.0. The summed E-state index contributed by atoms with van der Waals surface area (Å²) in [5.74, 6) is -0.100. The van der Waals surface area contributed by atoms with Gasteiger partial charge in [-0.1, -0.05) is 46.6 Å². The van der Waals surface area contributed by atoms with Gasteiger partial charge in [-0.25, -0.2) is 0 Å². The van der Waals surface area contributed by atoms with Crippen molar-refractivity contribution in [2.75, 3.05) is 6.61 Å². The van der Waals surface area contributed by atoms with E-state index in [2.05, 4.69) is 58.9 Å². The van der Waals surface area contributed by atoms with E-state index >= 15 is 0 Å². The maximum absolute atomic E-state index is 11.3. The number of esters is 1. The van der Waals surface area contributed by atoms with Crippen molar-refractivity contribution < 1.29 is 9.53 Å². The standard InChI is InChI=1S/C24H40O2/c1-7-26-24(25)19-11-18-23(6)17-10-16-22(5)15-9-14-21(4)13-8-12-20(2)3/h12,14,16,18H,7-11,13,15,17,19H2,1-6H3. The average Bonchev–Trinajstić information content (AvgIpc) is 2.54. The molecule has 0 aromatic rings. The third kappa shape index (κ3) is 15.9. The highest BCUT2D eigenvalue weighted by Crippen LogP contribution is 2.14. The molecule has 0 aromatic heterocycles. The average molecular weight is 361 g/mol. The van der Waals surface area contributed by atoms with Crippen molar-refractivity contribution in [3.05, 3.63) is 46.6 Å². The summed E-state index contributed by atoms with van der Waals surface area (Å²) in [5, 5.41) is 0. The van der Waals surface area contributed by atoms with E-state index in [-0.39, 0.29) is 5.97 Å². The molecule has 0 aliphatic heterocycles. The van der Waals surface area contributed by atoms with Crippen LogP contribution in [0.1, 0.15) is 92.9 Å². The number of hydrogen-bond acceptors (Lipinski definition) is 2. The second-order valence-corrected chi connectivity index (χ2v) is 7.39. The van der Waals surface area contributed by atoms with Crippen molar-refractivity contribution in [3.8, 4) is 0 Å². The third-order valence-electron chi connectivity index (χ3n) is 4.30. The second-order valence-electron chi connectivity index (χ2n) is 7.39. The molecule has 26 heavy (non-hydrogen) atoms. The van der Waals surface area contributed by atoms with Crippen molar-refractivity contribution in [1.29, 1.82) is 0 Å². The van der Waals surface area contributed by atoms with Gasteiger partial charge in [0.2, 0.25) is 0 Å². The maximum atomic E-state index is 11.3. The Bertz CT molecular complexity index is 514. The molecular weight excluding hydrogens is 320 g/mol. The fraction of sp³-hybridized carbons (Fsp3) is 0.625. The minimum Gasteiger partial charge on any atom is -0.466 e. The molecule has 0 spiro atoms. The summed E-state index contributed by atoms with van der Waals surface area (Å²) in [4.78, 5) is 11.3. The SMILES string of the molecule is CCOC(=O)CCC=C(C)CCC=C(C)CCC=C(C)CCC=C(C)C. The Hall–Kier alpha value is -1.57. The highest BCUT2D eigenvalue weighted by atomic mass is 16.5. The molecule has 2 nitrogen and oxygen atoms in total. The smallest absolute Gasteiger partial charge is 0.306 e. The van der Waals surface area contributed by atoms with E-state index in [1.165, 1.54) is 28.7 Å². The van der Waals surface area contributed by atoms with Crippen LogP contribution in [0.2, 0.25) is 0 Å². The molecule has 0 bridgehead atoms. The van der Waals surface area contributed by atoms with Gasteiger partial charge < -0.3 is 4.74 Å². The molecule has 2 heteroatoms. The van der Waals surface area contributed by atoms with Crippen LogP contribution in [0.4, 0.5) is 0 Å². The molecular formula is C24H40O2. The molecule has 0 fully saturated rings. The highest BCUT2D eigenvalue weighted by molar-refractivity contribution is 5.69. The first-order valence-corrected chi connectivity index (χ1v) is 10.1. The van der Waals surface area contributed by atoms with Gasteiger partial charge in [-0.05, 0) is 86.5 Å². The van der Waals surface area contributed by atoms with Crippen LogP contribution in [0, 0.1) is 0 Å². The monoisotopic (exact) mass is 360 g/mol. The molecule has 0 saturated carbocycles. The van der Waals surface area contributed by atoms with Gasteiger partial charge in [0.1, 0.15) is 0 Å². The molecule has 0 amide bonds. The fourth-order valence-corrected chi connectivity index (χ4v) is 2.66. The molecule has 0 atom stereocenters. The second kappa shape index (κ2) is 15.7. The first-order valence-electron chi connectivity index (χ1n) is 10.1. The zero-order valence-corrected chi connectivity index (χ0v) is 18.0. The summed E-state index contributed by atoms with van der Waals surface area (Å²) in [6.07, 6.45) is 17.2. The van der Waals surface area contributed by atoms with E-state index in [9.17, 15) is 4.79 Å². The van der Waals surface area contributed by atoms with Gasteiger partial charge in [0.25, 0.3) is 0 Å². The van der Waals surface area contributed by atoms with Gasteiger partial charge >= 0.3 is 5.97 Å². The Morgan fingerprint density at radius 3 is 1.42 bits per heavy atom. The lowest BCUT2D eigenvalue weighted by Crippen LogP contribution is -2.02. The zero-order chi connectivity index (χ0) is 19.8. The molecule has 148 valence electrons. The highest BCUT2D eigenvalue weighted by Gasteiger charge is 1.99. The molecule has 0 saturated heterocycles. The molecule has 0 aliphatic carbocycles. The minimum absolute atomic E-state index is 0.100. The van der Waals surface area contributed by atoms with E-state index in [4.69, 9.17) is 4.74 Å². The van der Waals surface area contributed by atoms with Gasteiger partial charge in [-0.2, -0.15) is 0 Å². The summed E-state index contributed by atoms with van der Waals surface area (Å²) in [6, 6.07) is 0. The van der Waals surface area contributed by atoms with Crippen molar-refractivity contribution >= 4 is 5.97 Å². The summed E-state index contributed by atoms with van der Waals surface area (Å²) >= 11 is 0. The molecule has 0 radical (unpaired) electrons. The maximum Gasteiger partial charge on any atom is 0.306 e. The van der Waals surface area contributed by atoms with Gasteiger partial charge in [0.05, 0.1) is 6.61 Å². The lowest BCUT2D eigenvalue weighted by Gasteiger charge is -2.03. The van der Waals surface area contributed by atoms with Crippen LogP contribution in [-0.4, -0.2) is 12.6 Å². The molecule has 0 heterocycles. The quantitative estimate of drug-likeness (QED) is 0.251. The molecule has 0 N–H and O–H groups in total. The first-order chi connectivity index (χ1) is 12.3. The van der Waals surface area contributed by atoms with Crippen LogP contribution >= 0.6 is 0 Å². The molecule has 0 unspecified atom stereocenters. The number of carbonyl (C=O) groups is 1. The van der Waals surface area contributed by atoms with Gasteiger partial charge in [0, 0.05) is 6.42 Å². The summed E-state index contributed by atoms with van der Waals surface area (Å²) in [5.41, 5.74) is 5.73. The van der Waals surface area contributed by atoms with Gasteiger partial charge in [-0.15, -0.1) is 0 Å².